The molecule has 0 amide bonds. The van der Waals surface area contributed by atoms with Gasteiger partial charge < -0.3 is 10.4 Å². The number of nitrogens with one attached hydrogen (secondary N) is 1. The van der Waals surface area contributed by atoms with Crippen LogP contribution in [0, 0.1) is 0 Å². The topological polar surface area (TPSA) is 32.3 Å². The van der Waals surface area contributed by atoms with Gasteiger partial charge in [-0.1, -0.05) is 25.1 Å². The zero-order valence-corrected chi connectivity index (χ0v) is 12.1. The van der Waals surface area contributed by atoms with E-state index in [4.69, 9.17) is 5.11 Å². The normalized spacial score (nSPS) is 18.4. The predicted octanol–water partition coefficient (Wildman–Crippen LogP) is 2.61. The van der Waals surface area contributed by atoms with Gasteiger partial charge in [0, 0.05) is 6.04 Å². The quantitative estimate of drug-likeness (QED) is 0.896. The van der Waals surface area contributed by atoms with Gasteiger partial charge in [-0.2, -0.15) is 0 Å². The lowest BCUT2D eigenvalue weighted by atomic mass is 9.87. The molecule has 1 aromatic rings. The molecule has 1 aromatic carbocycles. The molecular formula is C14H22BrNO. The summed E-state index contributed by atoms with van der Waals surface area (Å²) >= 11 is 0. The van der Waals surface area contributed by atoms with Crippen LogP contribution in [-0.2, 0) is 19.4 Å². The standard InChI is InChI=1S/C14H21NO.BrH/c1-2-7-15-14-6-5-12-4-3-11(10-16)8-13(12)9-14;/h3-4,8,14-16H,2,5-7,9-10H2,1H3;1H. The Kier molecular flexibility index (Phi) is 6.17. The Labute approximate surface area is 114 Å². The van der Waals surface area contributed by atoms with Gasteiger partial charge in [-0.05, 0) is 48.9 Å². The van der Waals surface area contributed by atoms with E-state index in [2.05, 4.69) is 24.4 Å². The summed E-state index contributed by atoms with van der Waals surface area (Å²) < 4.78 is 0. The van der Waals surface area contributed by atoms with E-state index in [0.717, 1.165) is 18.5 Å². The Hall–Kier alpha value is -0.380. The second-order valence-corrected chi connectivity index (χ2v) is 4.66. The molecule has 0 saturated carbocycles. The Morgan fingerprint density at radius 2 is 2.18 bits per heavy atom. The maximum Gasteiger partial charge on any atom is 0.0681 e. The van der Waals surface area contributed by atoms with E-state index in [1.165, 1.54) is 30.4 Å². The van der Waals surface area contributed by atoms with Crippen molar-refractivity contribution >= 4 is 17.0 Å². The van der Waals surface area contributed by atoms with Crippen LogP contribution in [0.1, 0.15) is 36.5 Å². The van der Waals surface area contributed by atoms with Crippen LogP contribution < -0.4 is 5.32 Å². The van der Waals surface area contributed by atoms with Crippen molar-refractivity contribution in [2.24, 2.45) is 0 Å². The number of hydrogen-bond acceptors (Lipinski definition) is 2. The molecule has 0 saturated heterocycles. The first-order chi connectivity index (χ1) is 7.83. The van der Waals surface area contributed by atoms with Gasteiger partial charge in [0.25, 0.3) is 0 Å². The molecule has 0 aliphatic heterocycles. The zero-order valence-electron chi connectivity index (χ0n) is 10.4. The zero-order chi connectivity index (χ0) is 11.4. The van der Waals surface area contributed by atoms with Gasteiger partial charge in [-0.25, -0.2) is 0 Å². The number of aryl methyl sites for hydroxylation is 1. The maximum absolute atomic E-state index is 9.13. The van der Waals surface area contributed by atoms with E-state index < -0.39 is 0 Å². The molecule has 0 radical (unpaired) electrons. The first-order valence-electron chi connectivity index (χ1n) is 6.28. The number of aliphatic hydroxyl groups excluding tert-OH is 1. The molecule has 1 unspecified atom stereocenters. The summed E-state index contributed by atoms with van der Waals surface area (Å²) in [4.78, 5) is 0. The summed E-state index contributed by atoms with van der Waals surface area (Å²) in [7, 11) is 0. The van der Waals surface area contributed by atoms with Crippen LogP contribution in [0.2, 0.25) is 0 Å². The van der Waals surface area contributed by atoms with Gasteiger partial charge in [0.05, 0.1) is 6.61 Å². The van der Waals surface area contributed by atoms with Crippen molar-refractivity contribution in [2.75, 3.05) is 6.54 Å². The van der Waals surface area contributed by atoms with E-state index in [9.17, 15) is 0 Å². The third kappa shape index (κ3) is 3.80. The molecule has 1 atom stereocenters. The number of hydrogen-bond donors (Lipinski definition) is 2. The van der Waals surface area contributed by atoms with E-state index in [1.807, 2.05) is 6.07 Å². The molecule has 1 aliphatic rings. The first-order valence-corrected chi connectivity index (χ1v) is 6.28. The molecule has 17 heavy (non-hydrogen) atoms. The highest BCUT2D eigenvalue weighted by Crippen LogP contribution is 2.22. The average Bonchev–Trinajstić information content (AvgIpc) is 2.35. The van der Waals surface area contributed by atoms with E-state index >= 15 is 0 Å². The molecule has 3 heteroatoms. The monoisotopic (exact) mass is 299 g/mol. The van der Waals surface area contributed by atoms with Crippen LogP contribution in [0.4, 0.5) is 0 Å². The van der Waals surface area contributed by atoms with Gasteiger partial charge in [0.1, 0.15) is 0 Å². The first kappa shape index (κ1) is 14.7. The van der Waals surface area contributed by atoms with Crippen LogP contribution in [0.3, 0.4) is 0 Å². The van der Waals surface area contributed by atoms with Gasteiger partial charge >= 0.3 is 0 Å². The Morgan fingerprint density at radius 3 is 2.88 bits per heavy atom. The lowest BCUT2D eigenvalue weighted by molar-refractivity contribution is 0.281. The summed E-state index contributed by atoms with van der Waals surface area (Å²) in [5, 5.41) is 12.7. The summed E-state index contributed by atoms with van der Waals surface area (Å²) in [6.45, 7) is 3.47. The molecule has 2 N–H and O–H groups in total. The fourth-order valence-corrected chi connectivity index (χ4v) is 2.43. The number of fused-ring (bicyclic) bond motifs is 1. The third-order valence-corrected chi connectivity index (χ3v) is 3.36. The minimum absolute atomic E-state index is 0. The summed E-state index contributed by atoms with van der Waals surface area (Å²) in [6.07, 6.45) is 4.72. The van der Waals surface area contributed by atoms with E-state index in [1.54, 1.807) is 0 Å². The molecule has 0 heterocycles. The van der Waals surface area contributed by atoms with Gasteiger partial charge in [-0.3, -0.25) is 0 Å². The number of aliphatic hydroxyl groups is 1. The summed E-state index contributed by atoms with van der Waals surface area (Å²) in [5.74, 6) is 0. The molecule has 0 bridgehead atoms. The van der Waals surface area contributed by atoms with Gasteiger partial charge in [0.2, 0.25) is 0 Å². The molecular weight excluding hydrogens is 278 g/mol. The Bertz CT molecular complexity index is 354. The van der Waals surface area contributed by atoms with Crippen molar-refractivity contribution in [1.29, 1.82) is 0 Å². The molecule has 0 spiro atoms. The minimum Gasteiger partial charge on any atom is -0.392 e. The Balaban J connectivity index is 0.00000144. The van der Waals surface area contributed by atoms with Crippen LogP contribution in [-0.4, -0.2) is 17.7 Å². The Morgan fingerprint density at radius 1 is 1.35 bits per heavy atom. The van der Waals surface area contributed by atoms with Crippen LogP contribution in [0.5, 0.6) is 0 Å². The fraction of sp³-hybridized carbons (Fsp3) is 0.571. The van der Waals surface area contributed by atoms with Crippen LogP contribution in [0.25, 0.3) is 0 Å². The molecule has 0 aromatic heterocycles. The highest BCUT2D eigenvalue weighted by Gasteiger charge is 2.17. The van der Waals surface area contributed by atoms with Crippen molar-refractivity contribution in [3.63, 3.8) is 0 Å². The lowest BCUT2D eigenvalue weighted by Gasteiger charge is -2.26. The fourth-order valence-electron chi connectivity index (χ4n) is 2.43. The van der Waals surface area contributed by atoms with E-state index in [0.29, 0.717) is 6.04 Å². The summed E-state index contributed by atoms with van der Waals surface area (Å²) in [5.41, 5.74) is 3.92. The third-order valence-electron chi connectivity index (χ3n) is 3.36. The molecule has 2 rings (SSSR count). The molecule has 96 valence electrons. The van der Waals surface area contributed by atoms with Crippen molar-refractivity contribution in [3.8, 4) is 0 Å². The SMILES string of the molecule is Br.CCCNC1CCc2ccc(CO)cc2C1. The molecule has 0 fully saturated rings. The van der Waals surface area contributed by atoms with Crippen molar-refractivity contribution in [3.05, 3.63) is 34.9 Å². The van der Waals surface area contributed by atoms with Crippen molar-refractivity contribution < 1.29 is 5.11 Å². The van der Waals surface area contributed by atoms with Crippen molar-refractivity contribution in [1.82, 2.24) is 5.32 Å². The highest BCUT2D eigenvalue weighted by molar-refractivity contribution is 8.93. The highest BCUT2D eigenvalue weighted by atomic mass is 79.9. The van der Waals surface area contributed by atoms with Crippen LogP contribution in [0.15, 0.2) is 18.2 Å². The largest absolute Gasteiger partial charge is 0.392 e. The number of halogens is 1. The minimum atomic E-state index is 0. The maximum atomic E-state index is 9.13. The lowest BCUT2D eigenvalue weighted by Crippen LogP contribution is -2.35. The molecule has 2 nitrogen and oxygen atoms in total. The second kappa shape index (κ2) is 7.14. The van der Waals surface area contributed by atoms with Crippen LogP contribution >= 0.6 is 17.0 Å². The van der Waals surface area contributed by atoms with Gasteiger partial charge in [-0.15, -0.1) is 17.0 Å². The summed E-state index contributed by atoms with van der Waals surface area (Å²) in [6, 6.07) is 7.01. The second-order valence-electron chi connectivity index (χ2n) is 4.66. The molecule has 1 aliphatic carbocycles. The predicted molar refractivity (Wildman–Crippen MR) is 76.8 cm³/mol. The number of benzene rings is 1. The average molecular weight is 300 g/mol. The smallest absolute Gasteiger partial charge is 0.0681 e. The van der Waals surface area contributed by atoms with E-state index in [-0.39, 0.29) is 23.6 Å². The van der Waals surface area contributed by atoms with Gasteiger partial charge in [0.15, 0.2) is 0 Å². The number of rotatable bonds is 4. The van der Waals surface area contributed by atoms with Crippen molar-refractivity contribution in [2.45, 2.75) is 45.3 Å².